The third-order valence-electron chi connectivity index (χ3n) is 7.66. The molecule has 2 aliphatic carbocycles. The topological polar surface area (TPSA) is 194 Å². The highest BCUT2D eigenvalue weighted by Gasteiger charge is 2.51. The Morgan fingerprint density at radius 1 is 1.08 bits per heavy atom. The van der Waals surface area contributed by atoms with Gasteiger partial charge in [0.25, 0.3) is 0 Å². The molecule has 0 radical (unpaired) electrons. The van der Waals surface area contributed by atoms with Crippen LogP contribution in [0.5, 0.6) is 11.5 Å². The summed E-state index contributed by atoms with van der Waals surface area (Å²) in [5, 5.41) is 74.7. The minimum absolute atomic E-state index is 0.0406. The zero-order valence-corrected chi connectivity index (χ0v) is 22.3. The van der Waals surface area contributed by atoms with Crippen LogP contribution in [0.4, 0.5) is 0 Å². The molecule has 1 heterocycles. The van der Waals surface area contributed by atoms with Gasteiger partial charge >= 0.3 is 0 Å². The van der Waals surface area contributed by atoms with E-state index < -0.39 is 100.0 Å². The quantitative estimate of drug-likeness (QED) is 0.117. The lowest BCUT2D eigenvalue weighted by Gasteiger charge is -2.45. The first-order chi connectivity index (χ1) is 17.9. The largest absolute Gasteiger partial charge is 0.507 e. The lowest BCUT2D eigenvalue weighted by molar-refractivity contribution is -0.262. The van der Waals surface area contributed by atoms with Crippen molar-refractivity contribution in [3.63, 3.8) is 0 Å². The van der Waals surface area contributed by atoms with Crippen LogP contribution in [0.3, 0.4) is 0 Å². The fourth-order valence-electron chi connectivity index (χ4n) is 5.51. The average Bonchev–Trinajstić information content (AvgIpc) is 2.90. The van der Waals surface area contributed by atoms with E-state index in [0.29, 0.717) is 0 Å². The van der Waals surface area contributed by atoms with Crippen molar-refractivity contribution in [3.8, 4) is 11.5 Å². The monoisotopic (exact) mass is 642 g/mol. The van der Waals surface area contributed by atoms with Crippen molar-refractivity contribution >= 4 is 34.2 Å². The maximum absolute atomic E-state index is 13.4. The van der Waals surface area contributed by atoms with E-state index in [1.54, 1.807) is 12.1 Å². The Balaban J connectivity index is 1.67. The molecule has 8 atom stereocenters. The minimum Gasteiger partial charge on any atom is -0.507 e. The summed E-state index contributed by atoms with van der Waals surface area (Å²) in [6.07, 6.45) is -8.34. The number of ether oxygens (including phenoxy) is 2. The lowest BCUT2D eigenvalue weighted by atomic mass is 9.71. The molecule has 2 aromatic carbocycles. The molecule has 0 spiro atoms. The highest BCUT2D eigenvalue weighted by molar-refractivity contribution is 14.1. The van der Waals surface area contributed by atoms with Gasteiger partial charge < -0.3 is 45.2 Å². The van der Waals surface area contributed by atoms with Crippen molar-refractivity contribution in [2.45, 2.75) is 66.1 Å². The van der Waals surface area contributed by atoms with Gasteiger partial charge in [-0.25, -0.2) is 0 Å². The molecular weight excluding hydrogens is 615 g/mol. The Hall–Kier alpha value is -2.17. The first kappa shape index (κ1) is 27.4. The summed E-state index contributed by atoms with van der Waals surface area (Å²) in [6.45, 7) is 0.687. The maximum Gasteiger partial charge on any atom is 0.198 e. The number of hydrogen-bond acceptors (Lipinski definition) is 11. The first-order valence-corrected chi connectivity index (χ1v) is 13.3. The van der Waals surface area contributed by atoms with Gasteiger partial charge in [0.2, 0.25) is 0 Å². The Morgan fingerprint density at radius 3 is 2.24 bits per heavy atom. The molecule has 204 valence electrons. The molecule has 38 heavy (non-hydrogen) atoms. The number of rotatable bonds is 4. The van der Waals surface area contributed by atoms with Gasteiger partial charge in [-0.15, -0.1) is 0 Å². The number of carbonyl (C=O) groups is 2. The van der Waals surface area contributed by atoms with Gasteiger partial charge in [0.05, 0.1) is 45.6 Å². The molecule has 1 fully saturated rings. The molecule has 5 rings (SSSR count). The number of phenolic OH excluding ortho intramolecular Hbond substituents is 2. The number of carbonyl (C=O) groups excluding carboxylic acids is 2. The Morgan fingerprint density at radius 2 is 1.66 bits per heavy atom. The van der Waals surface area contributed by atoms with Gasteiger partial charge in [-0.2, -0.15) is 0 Å². The normalized spacial score (nSPS) is 33.3. The first-order valence-electron chi connectivity index (χ1n) is 12.0. The zero-order valence-electron chi connectivity index (χ0n) is 20.1. The van der Waals surface area contributed by atoms with Crippen molar-refractivity contribution in [2.75, 3.05) is 6.61 Å². The number of halogens is 1. The second kappa shape index (κ2) is 9.78. The van der Waals surface area contributed by atoms with Gasteiger partial charge in [0.15, 0.2) is 17.9 Å². The molecule has 0 bridgehead atoms. The van der Waals surface area contributed by atoms with Crippen LogP contribution in [-0.4, -0.2) is 94.2 Å². The molecular formula is C26H27IO11. The third-order valence-corrected chi connectivity index (χ3v) is 8.99. The van der Waals surface area contributed by atoms with E-state index in [1.165, 1.54) is 19.1 Å². The molecule has 12 heteroatoms. The van der Waals surface area contributed by atoms with Crippen LogP contribution >= 0.6 is 22.6 Å². The van der Waals surface area contributed by atoms with Crippen LogP contribution in [-0.2, 0) is 15.9 Å². The number of phenols is 2. The number of aliphatic hydroxyl groups is 5. The van der Waals surface area contributed by atoms with Gasteiger partial charge in [-0.3, -0.25) is 9.59 Å². The summed E-state index contributed by atoms with van der Waals surface area (Å²) in [5.74, 6) is -2.67. The van der Waals surface area contributed by atoms with Crippen LogP contribution in [0.1, 0.15) is 62.4 Å². The van der Waals surface area contributed by atoms with Gasteiger partial charge in [0.1, 0.15) is 23.7 Å². The Bertz CT molecular complexity index is 1310. The second-order valence-electron chi connectivity index (χ2n) is 9.99. The summed E-state index contributed by atoms with van der Waals surface area (Å²) in [4.78, 5) is 26.7. The summed E-state index contributed by atoms with van der Waals surface area (Å²) >= 11 is 1.83. The van der Waals surface area contributed by atoms with Crippen molar-refractivity contribution in [3.05, 3.63) is 57.6 Å². The molecule has 7 N–H and O–H groups in total. The van der Waals surface area contributed by atoms with Gasteiger partial charge in [0, 0.05) is 35.1 Å². The fraction of sp³-hybridized carbons (Fsp3) is 0.462. The summed E-state index contributed by atoms with van der Waals surface area (Å²) in [7, 11) is 0. The molecule has 11 nitrogen and oxygen atoms in total. The highest BCUT2D eigenvalue weighted by atomic mass is 127. The van der Waals surface area contributed by atoms with Crippen LogP contribution in [0.15, 0.2) is 24.3 Å². The number of hydrogen-bond donors (Lipinski definition) is 7. The number of alkyl halides is 1. The summed E-state index contributed by atoms with van der Waals surface area (Å²) < 4.78 is 11.0. The molecule has 0 aromatic heterocycles. The van der Waals surface area contributed by atoms with Crippen LogP contribution in [0.2, 0.25) is 0 Å². The maximum atomic E-state index is 13.4. The number of aromatic hydroxyl groups is 2. The van der Waals surface area contributed by atoms with Crippen LogP contribution in [0.25, 0.3) is 0 Å². The van der Waals surface area contributed by atoms with E-state index in [4.69, 9.17) is 9.47 Å². The molecule has 0 unspecified atom stereocenters. The molecule has 3 aliphatic rings. The van der Waals surface area contributed by atoms with Gasteiger partial charge in [-0.05, 0) is 6.92 Å². The van der Waals surface area contributed by atoms with E-state index in [0.717, 1.165) is 0 Å². The Kier molecular flexibility index (Phi) is 7.05. The van der Waals surface area contributed by atoms with Crippen molar-refractivity contribution in [2.24, 2.45) is 0 Å². The predicted octanol–water partition coefficient (Wildman–Crippen LogP) is 0.232. The van der Waals surface area contributed by atoms with Crippen molar-refractivity contribution < 1.29 is 54.8 Å². The summed E-state index contributed by atoms with van der Waals surface area (Å²) in [6, 6.07) is 5.98. The van der Waals surface area contributed by atoms with Crippen molar-refractivity contribution in [1.29, 1.82) is 0 Å². The molecule has 1 saturated heterocycles. The third kappa shape index (κ3) is 4.05. The average molecular weight is 642 g/mol. The second-order valence-corrected chi connectivity index (χ2v) is 11.4. The number of ketones is 2. The predicted molar refractivity (Wildman–Crippen MR) is 137 cm³/mol. The lowest BCUT2D eigenvalue weighted by Crippen LogP contribution is -2.56. The SMILES string of the molecule is C[C@@H]1O[C@@H](O[C@H]2C[C@](O)([C@H](O)CO)Cc3c(O)c4c(c(O)c32)C(=O)c2ccccc2C4=O)[C@@H](I)[C@@H](O)[C@H]1O. The van der Waals surface area contributed by atoms with E-state index >= 15 is 0 Å². The molecule has 0 saturated carbocycles. The minimum atomic E-state index is -2.07. The molecule has 2 aromatic rings. The fourth-order valence-corrected chi connectivity index (χ4v) is 6.28. The zero-order chi connectivity index (χ0) is 27.7. The Labute approximate surface area is 230 Å². The number of fused-ring (bicyclic) bond motifs is 3. The number of aliphatic hydroxyl groups excluding tert-OH is 4. The number of benzene rings is 2. The van der Waals surface area contributed by atoms with Crippen LogP contribution < -0.4 is 0 Å². The van der Waals surface area contributed by atoms with Crippen molar-refractivity contribution in [1.82, 2.24) is 0 Å². The van der Waals surface area contributed by atoms with Crippen LogP contribution in [0, 0.1) is 0 Å². The molecule has 0 amide bonds. The van der Waals surface area contributed by atoms with E-state index in [2.05, 4.69) is 0 Å². The summed E-state index contributed by atoms with van der Waals surface area (Å²) in [5.41, 5.74) is -3.04. The van der Waals surface area contributed by atoms with Gasteiger partial charge in [-0.1, -0.05) is 46.9 Å². The molecule has 1 aliphatic heterocycles. The standard InChI is InChI=1S/C26H27IO11/c1-9-19(30)24(35)18(27)25(37-9)38-13-7-26(36,14(29)8-28)6-12-15(13)23(34)17-16(22(12)33)20(31)10-4-2-3-5-11(10)21(17)32/h2-5,9,13-14,18-19,24-25,28-30,33-36H,6-8H2,1H3/t9-,13-,14+,18-,19-,24+,25-,26-/m0/s1. The van der Waals surface area contributed by atoms with E-state index in [9.17, 15) is 45.3 Å². The van der Waals surface area contributed by atoms with E-state index in [1.807, 2.05) is 22.6 Å². The highest BCUT2D eigenvalue weighted by Crippen LogP contribution is 2.52. The van der Waals surface area contributed by atoms with E-state index in [-0.39, 0.29) is 22.3 Å². The smallest absolute Gasteiger partial charge is 0.198 e.